The predicted molar refractivity (Wildman–Crippen MR) is 134 cm³/mol. The Bertz CT molecular complexity index is 1790. The highest BCUT2D eigenvalue weighted by Gasteiger charge is 2.19. The second kappa shape index (κ2) is 9.32. The number of anilines is 1. The molecule has 0 aliphatic rings. The van der Waals surface area contributed by atoms with Crippen molar-refractivity contribution in [2.45, 2.75) is 6.54 Å². The summed E-state index contributed by atoms with van der Waals surface area (Å²) in [5.74, 6) is -1.37. The van der Waals surface area contributed by atoms with E-state index in [4.69, 9.17) is 5.10 Å². The van der Waals surface area contributed by atoms with Crippen LogP contribution in [0.1, 0.15) is 16.1 Å². The van der Waals surface area contributed by atoms with Crippen molar-refractivity contribution in [2.75, 3.05) is 5.32 Å². The third-order valence-electron chi connectivity index (χ3n) is 5.85. The van der Waals surface area contributed by atoms with Gasteiger partial charge in [0.2, 0.25) is 5.95 Å². The second-order valence-corrected chi connectivity index (χ2v) is 8.53. The standard InChI is InChI=1S/C26H19F2N9O/c1-35-11-9-19(33-35)13-36-15-30-24(16-2-4-18(27)5-3-16)25(36)20-6-7-23-31-22(14-37(23)34-20)32-26(38)17-8-10-29-21(28)12-17/h2-12,14-15H,13H2,1H3,(H,32,38). The third-order valence-corrected chi connectivity index (χ3v) is 5.85. The number of carbonyl (C=O) groups is 1. The lowest BCUT2D eigenvalue weighted by Crippen LogP contribution is -2.12. The van der Waals surface area contributed by atoms with Gasteiger partial charge in [0.25, 0.3) is 5.91 Å². The van der Waals surface area contributed by atoms with Crippen LogP contribution in [-0.4, -0.2) is 44.8 Å². The summed E-state index contributed by atoms with van der Waals surface area (Å²) < 4.78 is 32.2. The van der Waals surface area contributed by atoms with Crippen LogP contribution >= 0.6 is 0 Å². The molecule has 6 aromatic rings. The molecule has 188 valence electrons. The molecule has 0 bridgehead atoms. The van der Waals surface area contributed by atoms with E-state index in [2.05, 4.69) is 25.4 Å². The molecule has 5 aromatic heterocycles. The Morgan fingerprint density at radius 1 is 1.00 bits per heavy atom. The van der Waals surface area contributed by atoms with Crippen molar-refractivity contribution in [1.29, 1.82) is 0 Å². The minimum absolute atomic E-state index is 0.116. The number of hydrogen-bond acceptors (Lipinski definition) is 6. The maximum atomic E-state index is 13.6. The number of aryl methyl sites for hydroxylation is 1. The van der Waals surface area contributed by atoms with Crippen LogP contribution in [0.4, 0.5) is 14.6 Å². The number of nitrogens with one attached hydrogen (secondary N) is 1. The number of carbonyl (C=O) groups excluding carboxylic acids is 1. The molecular weight excluding hydrogens is 492 g/mol. The first-order valence-electron chi connectivity index (χ1n) is 11.5. The number of nitrogens with zero attached hydrogens (tertiary/aromatic N) is 8. The maximum Gasteiger partial charge on any atom is 0.257 e. The van der Waals surface area contributed by atoms with Crippen LogP contribution < -0.4 is 5.32 Å². The Morgan fingerprint density at radius 2 is 1.84 bits per heavy atom. The van der Waals surface area contributed by atoms with Crippen LogP contribution in [0, 0.1) is 11.8 Å². The molecule has 38 heavy (non-hydrogen) atoms. The lowest BCUT2D eigenvalue weighted by molar-refractivity contribution is 0.102. The zero-order chi connectivity index (χ0) is 26.2. The van der Waals surface area contributed by atoms with Crippen LogP contribution in [0.3, 0.4) is 0 Å². The Hall–Kier alpha value is -5.26. The molecule has 0 fully saturated rings. The maximum absolute atomic E-state index is 13.6. The summed E-state index contributed by atoms with van der Waals surface area (Å²) in [5.41, 5.74) is 4.08. The third kappa shape index (κ3) is 4.50. The fourth-order valence-electron chi connectivity index (χ4n) is 4.11. The SMILES string of the molecule is Cn1ccc(Cn2cnc(-c3ccc(F)cc3)c2-c2ccc3nc(NC(=O)c4ccnc(F)c4)cn3n2)n1. The molecule has 0 unspecified atom stereocenters. The summed E-state index contributed by atoms with van der Waals surface area (Å²) in [6, 6.07) is 14.0. The summed E-state index contributed by atoms with van der Waals surface area (Å²) in [6.45, 7) is 0.442. The molecule has 10 nitrogen and oxygen atoms in total. The molecule has 1 N–H and O–H groups in total. The fourth-order valence-corrected chi connectivity index (χ4v) is 4.11. The number of fused-ring (bicyclic) bond motifs is 1. The van der Waals surface area contributed by atoms with Gasteiger partial charge in [-0.05, 0) is 48.5 Å². The Morgan fingerprint density at radius 3 is 2.61 bits per heavy atom. The molecule has 1 amide bonds. The van der Waals surface area contributed by atoms with E-state index in [1.165, 1.54) is 28.9 Å². The average molecular weight is 511 g/mol. The quantitative estimate of drug-likeness (QED) is 0.339. The van der Waals surface area contributed by atoms with Gasteiger partial charge in [0.05, 0.1) is 36.2 Å². The Balaban J connectivity index is 1.38. The average Bonchev–Trinajstić information content (AvgIpc) is 3.62. The molecule has 6 rings (SSSR count). The number of halogens is 2. The predicted octanol–water partition coefficient (Wildman–Crippen LogP) is 3.97. The summed E-state index contributed by atoms with van der Waals surface area (Å²) >= 11 is 0. The van der Waals surface area contributed by atoms with Gasteiger partial charge in [-0.25, -0.2) is 23.9 Å². The molecule has 0 radical (unpaired) electrons. The summed E-state index contributed by atoms with van der Waals surface area (Å²) in [7, 11) is 1.85. The number of amides is 1. The Labute approximate surface area is 214 Å². The first-order valence-corrected chi connectivity index (χ1v) is 11.5. The molecule has 1 aromatic carbocycles. The smallest absolute Gasteiger partial charge is 0.257 e. The molecule has 0 atom stereocenters. The topological polar surface area (TPSA) is 108 Å². The van der Waals surface area contributed by atoms with Gasteiger partial charge >= 0.3 is 0 Å². The van der Waals surface area contributed by atoms with E-state index in [0.717, 1.165) is 17.3 Å². The monoisotopic (exact) mass is 511 g/mol. The van der Waals surface area contributed by atoms with Gasteiger partial charge in [-0.1, -0.05) is 0 Å². The van der Waals surface area contributed by atoms with E-state index in [0.29, 0.717) is 29.3 Å². The number of pyridine rings is 1. The van der Waals surface area contributed by atoms with E-state index in [1.807, 2.05) is 23.9 Å². The first-order chi connectivity index (χ1) is 18.4. The fraction of sp³-hybridized carbons (Fsp3) is 0.0769. The van der Waals surface area contributed by atoms with Gasteiger partial charge in [0.15, 0.2) is 11.5 Å². The summed E-state index contributed by atoms with van der Waals surface area (Å²) in [6.07, 6.45) is 6.33. The number of aromatic nitrogens is 8. The van der Waals surface area contributed by atoms with Crippen molar-refractivity contribution >= 4 is 17.4 Å². The first kappa shape index (κ1) is 23.2. The summed E-state index contributed by atoms with van der Waals surface area (Å²) in [5, 5.41) is 11.8. The van der Waals surface area contributed by atoms with Gasteiger partial charge in [-0.3, -0.25) is 9.48 Å². The highest BCUT2D eigenvalue weighted by molar-refractivity contribution is 6.03. The van der Waals surface area contributed by atoms with Crippen LogP contribution in [0.15, 0.2) is 79.5 Å². The normalized spacial score (nSPS) is 11.2. The molecule has 0 saturated carbocycles. The molecular formula is C26H19F2N9O. The minimum Gasteiger partial charge on any atom is -0.323 e. The van der Waals surface area contributed by atoms with Crippen molar-refractivity contribution in [3.8, 4) is 22.6 Å². The molecule has 0 aliphatic carbocycles. The van der Waals surface area contributed by atoms with Crippen LogP contribution in [0.5, 0.6) is 0 Å². The van der Waals surface area contributed by atoms with E-state index in [9.17, 15) is 13.6 Å². The van der Waals surface area contributed by atoms with Crippen molar-refractivity contribution in [3.63, 3.8) is 0 Å². The van der Waals surface area contributed by atoms with E-state index in [1.54, 1.807) is 41.5 Å². The van der Waals surface area contributed by atoms with Crippen LogP contribution in [-0.2, 0) is 13.6 Å². The van der Waals surface area contributed by atoms with Crippen molar-refractivity contribution in [1.82, 2.24) is 38.9 Å². The molecule has 0 saturated heterocycles. The lowest BCUT2D eigenvalue weighted by Gasteiger charge is -2.09. The molecule has 0 spiro atoms. The second-order valence-electron chi connectivity index (χ2n) is 8.53. The van der Waals surface area contributed by atoms with Crippen molar-refractivity contribution < 1.29 is 13.6 Å². The molecule has 12 heteroatoms. The minimum atomic E-state index is -0.752. The van der Waals surface area contributed by atoms with E-state index >= 15 is 0 Å². The zero-order valence-corrected chi connectivity index (χ0v) is 20.0. The van der Waals surface area contributed by atoms with Crippen LogP contribution in [0.2, 0.25) is 0 Å². The molecule has 5 heterocycles. The number of benzene rings is 1. The van der Waals surface area contributed by atoms with Crippen molar-refractivity contribution in [2.24, 2.45) is 7.05 Å². The largest absolute Gasteiger partial charge is 0.323 e. The highest BCUT2D eigenvalue weighted by atomic mass is 19.1. The Kier molecular flexibility index (Phi) is 5.68. The van der Waals surface area contributed by atoms with Gasteiger partial charge in [-0.2, -0.15) is 14.6 Å². The lowest BCUT2D eigenvalue weighted by atomic mass is 10.1. The van der Waals surface area contributed by atoms with Gasteiger partial charge in [0.1, 0.15) is 11.5 Å². The van der Waals surface area contributed by atoms with Gasteiger partial charge < -0.3 is 9.88 Å². The summed E-state index contributed by atoms with van der Waals surface area (Å²) in [4.78, 5) is 25.0. The van der Waals surface area contributed by atoms with Gasteiger partial charge in [-0.15, -0.1) is 0 Å². The number of hydrogen-bond donors (Lipinski definition) is 1. The highest BCUT2D eigenvalue weighted by Crippen LogP contribution is 2.31. The van der Waals surface area contributed by atoms with Crippen LogP contribution in [0.25, 0.3) is 28.3 Å². The molecule has 0 aliphatic heterocycles. The number of rotatable bonds is 6. The van der Waals surface area contributed by atoms with E-state index < -0.39 is 11.9 Å². The number of imidazole rings is 2. The van der Waals surface area contributed by atoms with Gasteiger partial charge in [0, 0.05) is 36.6 Å². The zero-order valence-electron chi connectivity index (χ0n) is 20.0. The van der Waals surface area contributed by atoms with E-state index in [-0.39, 0.29) is 17.2 Å². The van der Waals surface area contributed by atoms with Crippen molar-refractivity contribution in [3.05, 3.63) is 103 Å².